The molecule has 0 radical (unpaired) electrons. The Balaban J connectivity index is 1.96. The molecule has 29 heavy (non-hydrogen) atoms. The summed E-state index contributed by atoms with van der Waals surface area (Å²) in [6.45, 7) is 6.21. The first-order valence-corrected chi connectivity index (χ1v) is 9.65. The highest BCUT2D eigenvalue weighted by Gasteiger charge is 2.15. The van der Waals surface area contributed by atoms with E-state index in [4.69, 9.17) is 14.2 Å². The Morgan fingerprint density at radius 2 is 1.76 bits per heavy atom. The van der Waals surface area contributed by atoms with E-state index in [0.29, 0.717) is 18.4 Å². The number of rotatable bonds is 8. The number of nitrogens with zero attached hydrogens (tertiary/aromatic N) is 2. The van der Waals surface area contributed by atoms with E-state index < -0.39 is 5.97 Å². The minimum atomic E-state index is -0.422. The van der Waals surface area contributed by atoms with Crippen LogP contribution in [0.3, 0.4) is 0 Å². The summed E-state index contributed by atoms with van der Waals surface area (Å²) in [5.41, 5.74) is 3.97. The van der Waals surface area contributed by atoms with Gasteiger partial charge in [0.15, 0.2) is 6.61 Å². The first kappa shape index (κ1) is 20.5. The molecule has 0 bridgehead atoms. The van der Waals surface area contributed by atoms with Crippen molar-refractivity contribution in [3.63, 3.8) is 0 Å². The molecule has 0 aliphatic heterocycles. The zero-order chi connectivity index (χ0) is 20.8. The third kappa shape index (κ3) is 4.96. The summed E-state index contributed by atoms with van der Waals surface area (Å²) >= 11 is 0. The van der Waals surface area contributed by atoms with Crippen LogP contribution >= 0.6 is 0 Å². The van der Waals surface area contributed by atoms with Gasteiger partial charge in [-0.1, -0.05) is 26.0 Å². The molecule has 0 fully saturated rings. The molecule has 0 saturated carbocycles. The van der Waals surface area contributed by atoms with Gasteiger partial charge in [0.1, 0.15) is 5.75 Å². The number of hydrogen-bond acceptors (Lipinski definition) is 5. The van der Waals surface area contributed by atoms with Gasteiger partial charge in [-0.2, -0.15) is 0 Å². The fraction of sp³-hybridized carbons (Fsp3) is 0.304. The molecule has 0 spiro atoms. The fourth-order valence-corrected chi connectivity index (χ4v) is 2.93. The molecule has 2 aromatic carbocycles. The molecule has 6 heteroatoms. The maximum Gasteiger partial charge on any atom is 0.344 e. The topological polar surface area (TPSA) is 62.6 Å². The third-order valence-electron chi connectivity index (χ3n) is 4.52. The van der Waals surface area contributed by atoms with Crippen molar-refractivity contribution in [3.05, 3.63) is 60.2 Å². The van der Waals surface area contributed by atoms with Crippen molar-refractivity contribution < 1.29 is 19.0 Å². The van der Waals surface area contributed by atoms with Gasteiger partial charge in [-0.3, -0.25) is 0 Å². The van der Waals surface area contributed by atoms with Gasteiger partial charge in [-0.05, 0) is 54.8 Å². The molecule has 0 unspecified atom stereocenters. The monoisotopic (exact) mass is 394 g/mol. The molecule has 0 aliphatic carbocycles. The van der Waals surface area contributed by atoms with Crippen molar-refractivity contribution in [2.45, 2.75) is 26.7 Å². The Bertz CT molecular complexity index is 944. The van der Waals surface area contributed by atoms with E-state index in [9.17, 15) is 4.79 Å². The van der Waals surface area contributed by atoms with Gasteiger partial charge in [0.25, 0.3) is 0 Å². The first-order chi connectivity index (χ1) is 14.0. The van der Waals surface area contributed by atoms with E-state index in [0.717, 1.165) is 22.7 Å². The SMILES string of the molecule is CCOC(=O)COc1cc(-c2ccc(OC)cc2)n(-c2ccc(C(C)C)cc2)n1. The third-order valence-corrected chi connectivity index (χ3v) is 4.52. The van der Waals surface area contributed by atoms with Crippen LogP contribution in [0.5, 0.6) is 11.6 Å². The van der Waals surface area contributed by atoms with Crippen LogP contribution in [0.1, 0.15) is 32.3 Å². The summed E-state index contributed by atoms with van der Waals surface area (Å²) in [5.74, 6) is 1.16. The molecule has 0 atom stereocenters. The quantitative estimate of drug-likeness (QED) is 0.522. The number of carbonyl (C=O) groups excluding carboxylic acids is 1. The smallest absolute Gasteiger partial charge is 0.344 e. The summed E-state index contributed by atoms with van der Waals surface area (Å²) in [4.78, 5) is 11.6. The highest BCUT2D eigenvalue weighted by atomic mass is 16.6. The van der Waals surface area contributed by atoms with Crippen LogP contribution in [0, 0.1) is 0 Å². The van der Waals surface area contributed by atoms with Crippen molar-refractivity contribution in [1.82, 2.24) is 9.78 Å². The van der Waals surface area contributed by atoms with Crippen LogP contribution in [0.4, 0.5) is 0 Å². The van der Waals surface area contributed by atoms with Crippen LogP contribution in [-0.4, -0.2) is 36.1 Å². The second kappa shape index (κ2) is 9.28. The van der Waals surface area contributed by atoms with E-state index in [1.165, 1.54) is 5.56 Å². The number of aromatic nitrogens is 2. The maximum absolute atomic E-state index is 11.6. The highest BCUT2D eigenvalue weighted by molar-refractivity contribution is 5.71. The minimum absolute atomic E-state index is 0.181. The number of methoxy groups -OCH3 is 1. The second-order valence-electron chi connectivity index (χ2n) is 6.85. The van der Waals surface area contributed by atoms with Crippen LogP contribution in [0.2, 0.25) is 0 Å². The Morgan fingerprint density at radius 1 is 1.07 bits per heavy atom. The maximum atomic E-state index is 11.6. The predicted octanol–water partition coefficient (Wildman–Crippen LogP) is 4.61. The molecule has 0 N–H and O–H groups in total. The highest BCUT2D eigenvalue weighted by Crippen LogP contribution is 2.29. The fourth-order valence-electron chi connectivity index (χ4n) is 2.93. The summed E-state index contributed by atoms with van der Waals surface area (Å²) in [6, 6.07) is 17.8. The van der Waals surface area contributed by atoms with Gasteiger partial charge >= 0.3 is 5.97 Å². The molecule has 0 saturated heterocycles. The van der Waals surface area contributed by atoms with Crippen LogP contribution in [-0.2, 0) is 9.53 Å². The summed E-state index contributed by atoms with van der Waals surface area (Å²) in [5, 5.41) is 4.56. The average Bonchev–Trinajstić information content (AvgIpc) is 3.17. The Morgan fingerprint density at radius 3 is 2.34 bits per heavy atom. The first-order valence-electron chi connectivity index (χ1n) is 9.65. The number of esters is 1. The van der Waals surface area contributed by atoms with Gasteiger partial charge in [-0.25, -0.2) is 9.48 Å². The van der Waals surface area contributed by atoms with Crippen molar-refractivity contribution in [1.29, 1.82) is 0 Å². The van der Waals surface area contributed by atoms with Crippen LogP contribution in [0.15, 0.2) is 54.6 Å². The lowest BCUT2D eigenvalue weighted by Crippen LogP contribution is -2.14. The van der Waals surface area contributed by atoms with Gasteiger partial charge in [0.2, 0.25) is 5.88 Å². The van der Waals surface area contributed by atoms with E-state index in [1.807, 2.05) is 47.1 Å². The van der Waals surface area contributed by atoms with Crippen molar-refractivity contribution >= 4 is 5.97 Å². The summed E-state index contributed by atoms with van der Waals surface area (Å²) in [7, 11) is 1.64. The van der Waals surface area contributed by atoms with Gasteiger partial charge in [0, 0.05) is 11.6 Å². The molecule has 1 heterocycles. The molecule has 3 aromatic rings. The van der Waals surface area contributed by atoms with Crippen LogP contribution < -0.4 is 9.47 Å². The van der Waals surface area contributed by atoms with Gasteiger partial charge in [0.05, 0.1) is 25.1 Å². The summed E-state index contributed by atoms with van der Waals surface area (Å²) < 4.78 is 17.5. The zero-order valence-electron chi connectivity index (χ0n) is 17.2. The molecule has 1 aromatic heterocycles. The number of benzene rings is 2. The Kier molecular flexibility index (Phi) is 6.54. The zero-order valence-corrected chi connectivity index (χ0v) is 17.2. The van der Waals surface area contributed by atoms with E-state index in [1.54, 1.807) is 14.0 Å². The van der Waals surface area contributed by atoms with Crippen LogP contribution in [0.25, 0.3) is 16.9 Å². The molecule has 0 amide bonds. The summed E-state index contributed by atoms with van der Waals surface area (Å²) in [6.07, 6.45) is 0. The minimum Gasteiger partial charge on any atom is -0.497 e. The van der Waals surface area contributed by atoms with Crippen molar-refractivity contribution in [2.75, 3.05) is 20.3 Å². The largest absolute Gasteiger partial charge is 0.497 e. The van der Waals surface area contributed by atoms with Crippen molar-refractivity contribution in [3.8, 4) is 28.6 Å². The normalized spacial score (nSPS) is 10.8. The lowest BCUT2D eigenvalue weighted by Gasteiger charge is -2.10. The Hall–Kier alpha value is -3.28. The second-order valence-corrected chi connectivity index (χ2v) is 6.85. The molecular formula is C23H26N2O4. The van der Waals surface area contributed by atoms with Gasteiger partial charge in [-0.15, -0.1) is 5.10 Å². The molecule has 0 aliphatic rings. The van der Waals surface area contributed by atoms with E-state index in [-0.39, 0.29) is 6.61 Å². The van der Waals surface area contributed by atoms with Crippen molar-refractivity contribution in [2.24, 2.45) is 0 Å². The molecular weight excluding hydrogens is 368 g/mol. The number of hydrogen-bond donors (Lipinski definition) is 0. The average molecular weight is 394 g/mol. The molecule has 3 rings (SSSR count). The van der Waals surface area contributed by atoms with E-state index >= 15 is 0 Å². The lowest BCUT2D eigenvalue weighted by atomic mass is 10.0. The Labute approximate surface area is 171 Å². The molecule has 6 nitrogen and oxygen atoms in total. The number of carbonyl (C=O) groups is 1. The lowest BCUT2D eigenvalue weighted by molar-refractivity contribution is -0.145. The molecule has 152 valence electrons. The number of ether oxygens (including phenoxy) is 3. The predicted molar refractivity (Wildman–Crippen MR) is 112 cm³/mol. The van der Waals surface area contributed by atoms with Gasteiger partial charge < -0.3 is 14.2 Å². The van der Waals surface area contributed by atoms with E-state index in [2.05, 4.69) is 31.1 Å². The standard InChI is InChI=1S/C23H26N2O4/c1-5-28-23(26)15-29-22-14-21(18-8-12-20(27-4)13-9-18)25(24-22)19-10-6-17(7-11-19)16(2)3/h6-14,16H,5,15H2,1-4H3.